The van der Waals surface area contributed by atoms with Gasteiger partial charge >= 0.3 is 18.0 Å². The van der Waals surface area contributed by atoms with Crippen LogP contribution in [-0.2, 0) is 30.4 Å². The van der Waals surface area contributed by atoms with Crippen molar-refractivity contribution >= 4 is 18.0 Å². The van der Waals surface area contributed by atoms with E-state index in [2.05, 4.69) is 10.1 Å². The largest absolute Gasteiger partial charge is 0.467 e. The monoisotopic (exact) mass is 351 g/mol. The second kappa shape index (κ2) is 9.05. The second-order valence-electron chi connectivity index (χ2n) is 6.53. The van der Waals surface area contributed by atoms with Crippen LogP contribution in [-0.4, -0.2) is 36.8 Å². The Labute approximate surface area is 147 Å². The Balaban J connectivity index is 2.71. The van der Waals surface area contributed by atoms with Crippen molar-refractivity contribution in [3.05, 3.63) is 35.9 Å². The SMILES string of the molecule is COC(=O)C(NC(=O)OC(C)(C)C)C(C)C(=O)OCc1ccccc1. The van der Waals surface area contributed by atoms with E-state index in [-0.39, 0.29) is 6.61 Å². The molecule has 1 aromatic rings. The average molecular weight is 351 g/mol. The van der Waals surface area contributed by atoms with E-state index in [0.717, 1.165) is 5.56 Å². The minimum atomic E-state index is -1.21. The van der Waals surface area contributed by atoms with Gasteiger partial charge in [-0.25, -0.2) is 9.59 Å². The fraction of sp³-hybridized carbons (Fsp3) is 0.500. The van der Waals surface area contributed by atoms with E-state index >= 15 is 0 Å². The third-order valence-electron chi connectivity index (χ3n) is 3.22. The number of benzene rings is 1. The van der Waals surface area contributed by atoms with Crippen LogP contribution in [0.25, 0.3) is 0 Å². The summed E-state index contributed by atoms with van der Waals surface area (Å²) in [5.41, 5.74) is 0.0831. The van der Waals surface area contributed by atoms with Crippen LogP contribution in [0.3, 0.4) is 0 Å². The lowest BCUT2D eigenvalue weighted by Gasteiger charge is -2.25. The summed E-state index contributed by atoms with van der Waals surface area (Å²) >= 11 is 0. The third-order valence-corrected chi connectivity index (χ3v) is 3.22. The van der Waals surface area contributed by atoms with Gasteiger partial charge in [-0.3, -0.25) is 4.79 Å². The van der Waals surface area contributed by atoms with E-state index in [1.165, 1.54) is 14.0 Å². The Morgan fingerprint density at radius 1 is 1.08 bits per heavy atom. The number of amides is 1. The van der Waals surface area contributed by atoms with E-state index in [1.807, 2.05) is 30.3 Å². The van der Waals surface area contributed by atoms with Crippen molar-refractivity contribution < 1.29 is 28.6 Å². The summed E-state index contributed by atoms with van der Waals surface area (Å²) in [4.78, 5) is 36.1. The summed E-state index contributed by atoms with van der Waals surface area (Å²) < 4.78 is 15.0. The lowest BCUT2D eigenvalue weighted by atomic mass is 10.0. The van der Waals surface area contributed by atoms with E-state index in [1.54, 1.807) is 20.8 Å². The van der Waals surface area contributed by atoms with Gasteiger partial charge in [0.15, 0.2) is 0 Å². The molecule has 0 heterocycles. The van der Waals surface area contributed by atoms with Crippen LogP contribution in [0, 0.1) is 5.92 Å². The smallest absolute Gasteiger partial charge is 0.408 e. The molecule has 0 radical (unpaired) electrons. The standard InChI is InChI=1S/C18H25NO6/c1-12(15(20)24-11-13-9-7-6-8-10-13)14(16(21)23-5)19-17(22)25-18(2,3)4/h6-10,12,14H,11H2,1-5H3,(H,19,22). The van der Waals surface area contributed by atoms with Crippen molar-refractivity contribution in [1.82, 2.24) is 5.32 Å². The van der Waals surface area contributed by atoms with Crippen molar-refractivity contribution in [3.8, 4) is 0 Å². The number of carbonyl (C=O) groups is 3. The molecular weight excluding hydrogens is 326 g/mol. The maximum atomic E-state index is 12.2. The Hall–Kier alpha value is -2.57. The predicted molar refractivity (Wildman–Crippen MR) is 90.6 cm³/mol. The van der Waals surface area contributed by atoms with Crippen LogP contribution in [0.15, 0.2) is 30.3 Å². The minimum absolute atomic E-state index is 0.0738. The van der Waals surface area contributed by atoms with Crippen LogP contribution in [0.4, 0.5) is 4.79 Å². The van der Waals surface area contributed by atoms with Crippen molar-refractivity contribution in [2.45, 2.75) is 45.9 Å². The van der Waals surface area contributed by atoms with Gasteiger partial charge in [-0.15, -0.1) is 0 Å². The Morgan fingerprint density at radius 3 is 2.20 bits per heavy atom. The van der Waals surface area contributed by atoms with Crippen molar-refractivity contribution in [2.75, 3.05) is 7.11 Å². The average Bonchev–Trinajstić information content (AvgIpc) is 2.55. The first-order valence-corrected chi connectivity index (χ1v) is 7.92. The third kappa shape index (κ3) is 7.24. The number of ether oxygens (including phenoxy) is 3. The number of carbonyl (C=O) groups excluding carboxylic acids is 3. The molecule has 0 spiro atoms. The van der Waals surface area contributed by atoms with Gasteiger partial charge in [0, 0.05) is 0 Å². The number of rotatable bonds is 6. The van der Waals surface area contributed by atoms with Crippen LogP contribution >= 0.6 is 0 Å². The molecule has 0 aromatic heterocycles. The zero-order chi connectivity index (χ0) is 19.0. The fourth-order valence-electron chi connectivity index (χ4n) is 1.95. The Morgan fingerprint density at radius 2 is 1.68 bits per heavy atom. The van der Waals surface area contributed by atoms with E-state index in [9.17, 15) is 14.4 Å². The quantitative estimate of drug-likeness (QED) is 0.625. The van der Waals surface area contributed by atoms with Gasteiger partial charge < -0.3 is 19.5 Å². The zero-order valence-corrected chi connectivity index (χ0v) is 15.2. The summed E-state index contributed by atoms with van der Waals surface area (Å²) in [5.74, 6) is -2.32. The lowest BCUT2D eigenvalue weighted by molar-refractivity contribution is -0.156. The molecule has 0 aliphatic heterocycles. The molecule has 2 unspecified atom stereocenters. The molecule has 2 atom stereocenters. The van der Waals surface area contributed by atoms with E-state index in [4.69, 9.17) is 9.47 Å². The normalized spacial score (nSPS) is 13.3. The first-order chi connectivity index (χ1) is 11.6. The lowest BCUT2D eigenvalue weighted by Crippen LogP contribution is -2.49. The molecule has 0 aliphatic carbocycles. The summed E-state index contributed by atoms with van der Waals surface area (Å²) in [7, 11) is 1.17. The van der Waals surface area contributed by atoms with Crippen molar-refractivity contribution in [3.63, 3.8) is 0 Å². The van der Waals surface area contributed by atoms with Crippen LogP contribution < -0.4 is 5.32 Å². The van der Waals surface area contributed by atoms with Gasteiger partial charge in [-0.05, 0) is 33.3 Å². The maximum Gasteiger partial charge on any atom is 0.408 e. The predicted octanol–water partition coefficient (Wildman–Crippen LogP) is 2.43. The topological polar surface area (TPSA) is 90.9 Å². The first kappa shape index (κ1) is 20.5. The van der Waals surface area contributed by atoms with Gasteiger partial charge in [-0.1, -0.05) is 30.3 Å². The van der Waals surface area contributed by atoms with Crippen molar-refractivity contribution in [2.24, 2.45) is 5.92 Å². The minimum Gasteiger partial charge on any atom is -0.467 e. The number of esters is 2. The van der Waals surface area contributed by atoms with Crippen LogP contribution in [0.5, 0.6) is 0 Å². The van der Waals surface area contributed by atoms with Crippen molar-refractivity contribution in [1.29, 1.82) is 0 Å². The number of hydrogen-bond acceptors (Lipinski definition) is 6. The molecule has 1 N–H and O–H groups in total. The molecule has 25 heavy (non-hydrogen) atoms. The molecule has 7 nitrogen and oxygen atoms in total. The number of nitrogens with one attached hydrogen (secondary N) is 1. The summed E-state index contributed by atoms with van der Waals surface area (Å²) in [6, 6.07) is 7.93. The van der Waals surface area contributed by atoms with Gasteiger partial charge in [-0.2, -0.15) is 0 Å². The highest BCUT2D eigenvalue weighted by molar-refractivity contribution is 5.87. The van der Waals surface area contributed by atoms with E-state index in [0.29, 0.717) is 0 Å². The highest BCUT2D eigenvalue weighted by Crippen LogP contribution is 2.12. The van der Waals surface area contributed by atoms with Gasteiger partial charge in [0.05, 0.1) is 13.0 Å². The summed E-state index contributed by atoms with van der Waals surface area (Å²) in [6.45, 7) is 6.63. The Kier molecular flexibility index (Phi) is 7.42. The number of hydrogen-bond donors (Lipinski definition) is 1. The number of alkyl carbamates (subject to hydrolysis) is 1. The summed E-state index contributed by atoms with van der Waals surface area (Å²) in [6.07, 6.45) is -0.814. The van der Waals surface area contributed by atoms with Crippen LogP contribution in [0.2, 0.25) is 0 Å². The first-order valence-electron chi connectivity index (χ1n) is 7.92. The molecule has 138 valence electrons. The molecule has 0 saturated heterocycles. The summed E-state index contributed by atoms with van der Waals surface area (Å²) in [5, 5.41) is 2.37. The molecule has 0 fully saturated rings. The highest BCUT2D eigenvalue weighted by atomic mass is 16.6. The zero-order valence-electron chi connectivity index (χ0n) is 15.2. The highest BCUT2D eigenvalue weighted by Gasteiger charge is 2.35. The maximum absolute atomic E-state index is 12.2. The van der Waals surface area contributed by atoms with Gasteiger partial charge in [0.1, 0.15) is 18.2 Å². The molecular formula is C18H25NO6. The molecule has 1 rings (SSSR count). The molecule has 1 amide bonds. The molecule has 7 heteroatoms. The number of methoxy groups -OCH3 is 1. The molecule has 0 saturated carbocycles. The van der Waals surface area contributed by atoms with E-state index < -0.39 is 35.6 Å². The molecule has 0 bridgehead atoms. The van der Waals surface area contributed by atoms with Gasteiger partial charge in [0.25, 0.3) is 0 Å². The second-order valence-corrected chi connectivity index (χ2v) is 6.53. The fourth-order valence-corrected chi connectivity index (χ4v) is 1.95. The van der Waals surface area contributed by atoms with Gasteiger partial charge in [0.2, 0.25) is 0 Å². The molecule has 0 aliphatic rings. The van der Waals surface area contributed by atoms with Crippen LogP contribution in [0.1, 0.15) is 33.3 Å². The molecule has 1 aromatic carbocycles. The Bertz CT molecular complexity index is 593.